The van der Waals surface area contributed by atoms with Gasteiger partial charge in [0.2, 0.25) is 11.5 Å². The molecule has 2 heterocycles. The van der Waals surface area contributed by atoms with Crippen molar-refractivity contribution in [1.82, 2.24) is 0 Å². The molecule has 2 N–H and O–H groups in total. The number of Topliss-reactive ketones (excluding diaryl/α,β-unsaturated/α-hetero) is 1. The summed E-state index contributed by atoms with van der Waals surface area (Å²) >= 11 is 0. The summed E-state index contributed by atoms with van der Waals surface area (Å²) < 4.78 is 22.8. The van der Waals surface area contributed by atoms with Gasteiger partial charge in [0.05, 0.1) is 19.8 Å². The summed E-state index contributed by atoms with van der Waals surface area (Å²) in [5, 5.41) is 21.5. The van der Waals surface area contributed by atoms with Gasteiger partial charge in [0, 0.05) is 23.6 Å². The van der Waals surface area contributed by atoms with Crippen molar-refractivity contribution in [3.05, 3.63) is 39.9 Å². The number of aromatic hydroxyl groups is 2. The quantitative estimate of drug-likeness (QED) is 0.817. The van der Waals surface area contributed by atoms with Gasteiger partial charge in [-0.2, -0.15) is 0 Å². The van der Waals surface area contributed by atoms with Gasteiger partial charge in [-0.3, -0.25) is 4.79 Å². The third-order valence-corrected chi connectivity index (χ3v) is 5.67. The number of ether oxygens (including phenoxy) is 4. The number of phenolic OH excluding ortho intramolecular Hbond substituents is 2. The van der Waals surface area contributed by atoms with Crippen LogP contribution in [0.1, 0.15) is 46.5 Å². The Labute approximate surface area is 162 Å². The highest BCUT2D eigenvalue weighted by atomic mass is 16.7. The fraction of sp³-hybridized carbons (Fsp3) is 0.381. The van der Waals surface area contributed by atoms with Crippen LogP contribution in [0.2, 0.25) is 0 Å². The van der Waals surface area contributed by atoms with Gasteiger partial charge in [-0.25, -0.2) is 0 Å². The molecule has 0 saturated heterocycles. The number of ketones is 1. The van der Waals surface area contributed by atoms with Crippen molar-refractivity contribution in [2.45, 2.75) is 39.1 Å². The van der Waals surface area contributed by atoms with Gasteiger partial charge in [0.1, 0.15) is 11.5 Å². The van der Waals surface area contributed by atoms with Crippen molar-refractivity contribution >= 4 is 5.78 Å². The number of rotatable bonds is 2. The predicted octanol–water partition coefficient (Wildman–Crippen LogP) is 3.43. The minimum atomic E-state index is -1.50. The van der Waals surface area contributed by atoms with Crippen LogP contribution in [0.15, 0.2) is 12.1 Å². The maximum absolute atomic E-state index is 13.5. The third-order valence-electron chi connectivity index (χ3n) is 5.67. The molecule has 0 radical (unpaired) electrons. The number of carbonyl (C=O) groups is 1. The lowest BCUT2D eigenvalue weighted by Gasteiger charge is -2.50. The highest BCUT2D eigenvalue weighted by Crippen LogP contribution is 2.59. The number of fused-ring (bicyclic) bond motifs is 6. The Balaban J connectivity index is 2.09. The van der Waals surface area contributed by atoms with E-state index in [2.05, 4.69) is 0 Å². The number of carbonyl (C=O) groups excluding carboxylic acids is 1. The first-order valence-electron chi connectivity index (χ1n) is 8.85. The summed E-state index contributed by atoms with van der Waals surface area (Å²) in [7, 11) is 2.91. The van der Waals surface area contributed by atoms with Crippen LogP contribution in [0.3, 0.4) is 0 Å². The molecular formula is C21H22O7. The van der Waals surface area contributed by atoms with Gasteiger partial charge < -0.3 is 29.2 Å². The van der Waals surface area contributed by atoms with Gasteiger partial charge in [-0.1, -0.05) is 0 Å². The molecule has 0 fully saturated rings. The largest absolute Gasteiger partial charge is 0.507 e. The SMILES string of the molecule is COc1cc2c(c(O)c1C)C1(C)Oc3c(O)c(OC)cc(C)c3C(C)(O1)C2=O. The molecule has 0 aliphatic carbocycles. The Morgan fingerprint density at radius 1 is 0.964 bits per heavy atom. The van der Waals surface area contributed by atoms with E-state index >= 15 is 0 Å². The number of methoxy groups -OCH3 is 2. The standard InChI is InChI=1S/C21H22O7/c1-9-7-13(26-6)17(23)18-14(9)20(3)19(24)11-8-12(25-5)10(2)16(22)15(11)21(4,27-18)28-20/h7-8,22-23H,1-6H3. The summed E-state index contributed by atoms with van der Waals surface area (Å²) in [6, 6.07) is 3.23. The van der Waals surface area contributed by atoms with Crippen molar-refractivity contribution in [2.75, 3.05) is 14.2 Å². The predicted molar refractivity (Wildman–Crippen MR) is 99.5 cm³/mol. The minimum absolute atomic E-state index is 0.111. The highest BCUT2D eigenvalue weighted by molar-refractivity contribution is 6.07. The van der Waals surface area contributed by atoms with Crippen LogP contribution in [-0.4, -0.2) is 30.2 Å². The summed E-state index contributed by atoms with van der Waals surface area (Å²) in [5.74, 6) is -1.48. The van der Waals surface area contributed by atoms with Crippen molar-refractivity contribution in [1.29, 1.82) is 0 Å². The van der Waals surface area contributed by atoms with Crippen molar-refractivity contribution in [3.8, 4) is 28.7 Å². The van der Waals surface area contributed by atoms with Crippen LogP contribution in [0.25, 0.3) is 0 Å². The first kappa shape index (κ1) is 18.4. The normalized spacial score (nSPS) is 24.9. The molecule has 0 saturated carbocycles. The molecule has 2 bridgehead atoms. The Bertz CT molecular complexity index is 1040. The van der Waals surface area contributed by atoms with Crippen LogP contribution >= 0.6 is 0 Å². The first-order valence-corrected chi connectivity index (χ1v) is 8.85. The summed E-state index contributed by atoms with van der Waals surface area (Å²) in [5.41, 5.74) is 0.612. The zero-order chi connectivity index (χ0) is 20.6. The van der Waals surface area contributed by atoms with Crippen LogP contribution < -0.4 is 14.2 Å². The van der Waals surface area contributed by atoms with Crippen molar-refractivity contribution < 1.29 is 34.0 Å². The van der Waals surface area contributed by atoms with Crippen LogP contribution in [-0.2, 0) is 16.1 Å². The third kappa shape index (κ3) is 2.05. The fourth-order valence-electron chi connectivity index (χ4n) is 4.36. The Morgan fingerprint density at radius 3 is 2.21 bits per heavy atom. The zero-order valence-corrected chi connectivity index (χ0v) is 16.6. The van der Waals surface area contributed by atoms with Crippen LogP contribution in [0.4, 0.5) is 0 Å². The van der Waals surface area contributed by atoms with Crippen molar-refractivity contribution in [3.63, 3.8) is 0 Å². The number of hydrogen-bond donors (Lipinski definition) is 2. The molecule has 0 aromatic heterocycles. The summed E-state index contributed by atoms with van der Waals surface area (Å²) in [6.45, 7) is 6.72. The average molecular weight is 386 g/mol. The lowest BCUT2D eigenvalue weighted by Crippen LogP contribution is -2.54. The number of hydrogen-bond acceptors (Lipinski definition) is 7. The Kier molecular flexibility index (Phi) is 3.65. The Hall–Kier alpha value is -2.93. The topological polar surface area (TPSA) is 94.5 Å². The highest BCUT2D eigenvalue weighted by Gasteiger charge is 2.59. The second-order valence-corrected chi connectivity index (χ2v) is 7.44. The molecule has 2 aromatic rings. The van der Waals surface area contributed by atoms with E-state index in [4.69, 9.17) is 18.9 Å². The van der Waals surface area contributed by atoms with Gasteiger partial charge in [-0.05, 0) is 38.5 Å². The second kappa shape index (κ2) is 5.54. The second-order valence-electron chi connectivity index (χ2n) is 7.44. The average Bonchev–Trinajstić information content (AvgIpc) is 2.64. The van der Waals surface area contributed by atoms with Gasteiger partial charge in [0.25, 0.3) is 0 Å². The first-order chi connectivity index (χ1) is 13.1. The molecule has 7 heteroatoms. The smallest absolute Gasteiger partial charge is 0.240 e. The van der Waals surface area contributed by atoms with Crippen molar-refractivity contribution in [2.24, 2.45) is 0 Å². The fourth-order valence-corrected chi connectivity index (χ4v) is 4.36. The monoisotopic (exact) mass is 386 g/mol. The zero-order valence-electron chi connectivity index (χ0n) is 16.6. The van der Waals surface area contributed by atoms with E-state index in [1.54, 1.807) is 39.8 Å². The van der Waals surface area contributed by atoms with E-state index in [1.165, 1.54) is 14.2 Å². The van der Waals surface area contributed by atoms with Gasteiger partial charge >= 0.3 is 0 Å². The maximum Gasteiger partial charge on any atom is 0.240 e. The van der Waals surface area contributed by atoms with Crippen LogP contribution in [0.5, 0.6) is 28.7 Å². The molecule has 2 aromatic carbocycles. The van der Waals surface area contributed by atoms with E-state index in [-0.39, 0.29) is 39.9 Å². The number of benzene rings is 2. The molecule has 148 valence electrons. The van der Waals surface area contributed by atoms with E-state index in [0.717, 1.165) is 0 Å². The Morgan fingerprint density at radius 2 is 1.61 bits per heavy atom. The van der Waals surface area contributed by atoms with E-state index in [0.29, 0.717) is 22.4 Å². The van der Waals surface area contributed by atoms with E-state index < -0.39 is 11.4 Å². The molecule has 2 aliphatic rings. The van der Waals surface area contributed by atoms with E-state index in [9.17, 15) is 15.0 Å². The molecule has 0 amide bonds. The number of aryl methyl sites for hydroxylation is 1. The molecular weight excluding hydrogens is 364 g/mol. The molecule has 28 heavy (non-hydrogen) atoms. The molecule has 4 rings (SSSR count). The molecule has 7 nitrogen and oxygen atoms in total. The maximum atomic E-state index is 13.5. The molecule has 0 spiro atoms. The van der Waals surface area contributed by atoms with Crippen LogP contribution in [0, 0.1) is 13.8 Å². The molecule has 2 atom stereocenters. The van der Waals surface area contributed by atoms with E-state index in [1.807, 2.05) is 0 Å². The summed E-state index contributed by atoms with van der Waals surface area (Å²) in [4.78, 5) is 13.5. The lowest BCUT2D eigenvalue weighted by atomic mass is 9.76. The summed E-state index contributed by atoms with van der Waals surface area (Å²) in [6.07, 6.45) is 0. The number of phenols is 2. The minimum Gasteiger partial charge on any atom is -0.507 e. The lowest BCUT2D eigenvalue weighted by molar-refractivity contribution is -0.255. The molecule has 2 unspecified atom stereocenters. The molecule has 2 aliphatic heterocycles. The van der Waals surface area contributed by atoms with Gasteiger partial charge in [0.15, 0.2) is 22.9 Å². The van der Waals surface area contributed by atoms with Gasteiger partial charge in [-0.15, -0.1) is 0 Å².